The minimum absolute atomic E-state index is 0.0792. The predicted molar refractivity (Wildman–Crippen MR) is 134 cm³/mol. The van der Waals surface area contributed by atoms with E-state index in [4.69, 9.17) is 9.47 Å². The second-order valence-electron chi connectivity index (χ2n) is 11.1. The van der Waals surface area contributed by atoms with Gasteiger partial charge in [0.1, 0.15) is 12.4 Å². The fourth-order valence-electron chi connectivity index (χ4n) is 7.23. The first kappa shape index (κ1) is 26.2. The quantitative estimate of drug-likeness (QED) is 0.210. The molecule has 35 heavy (non-hydrogen) atoms. The van der Waals surface area contributed by atoms with E-state index in [9.17, 15) is 13.6 Å². The molecule has 4 unspecified atom stereocenters. The zero-order valence-corrected chi connectivity index (χ0v) is 21.4. The average Bonchev–Trinajstić information content (AvgIpc) is 2.85. The number of rotatable bonds is 8. The van der Waals surface area contributed by atoms with Crippen LogP contribution in [0.5, 0.6) is 11.5 Å². The number of carbonyl (C=O) groups is 1. The van der Waals surface area contributed by atoms with Crippen LogP contribution in [-0.4, -0.2) is 12.6 Å². The van der Waals surface area contributed by atoms with Gasteiger partial charge in [-0.15, -0.1) is 0 Å². The molecule has 194 valence electrons. The summed E-state index contributed by atoms with van der Waals surface area (Å²) in [5.74, 6) is 0.761. The van der Waals surface area contributed by atoms with Crippen LogP contribution in [0.1, 0.15) is 90.9 Å². The molecule has 0 N–H and O–H groups in total. The Morgan fingerprint density at radius 2 is 1.69 bits per heavy atom. The second-order valence-corrected chi connectivity index (χ2v) is 11.1. The van der Waals surface area contributed by atoms with Crippen molar-refractivity contribution in [1.82, 2.24) is 0 Å². The maximum absolute atomic E-state index is 14.4. The van der Waals surface area contributed by atoms with Crippen molar-refractivity contribution < 1.29 is 23.0 Å². The highest BCUT2D eigenvalue weighted by Crippen LogP contribution is 2.50. The number of fused-ring (bicyclic) bond motifs is 1. The van der Waals surface area contributed by atoms with Crippen LogP contribution < -0.4 is 9.47 Å². The van der Waals surface area contributed by atoms with E-state index in [1.165, 1.54) is 57.8 Å². The summed E-state index contributed by atoms with van der Waals surface area (Å²) >= 11 is 0. The van der Waals surface area contributed by atoms with Crippen LogP contribution >= 0.6 is 0 Å². The summed E-state index contributed by atoms with van der Waals surface area (Å²) < 4.78 is 39.5. The maximum Gasteiger partial charge on any atom is 0.314 e. The van der Waals surface area contributed by atoms with Crippen LogP contribution in [0.25, 0.3) is 0 Å². The molecular formula is C30H42F2O3. The lowest BCUT2D eigenvalue weighted by molar-refractivity contribution is -0.144. The summed E-state index contributed by atoms with van der Waals surface area (Å²) in [6, 6.07) is 2.11. The zero-order valence-electron chi connectivity index (χ0n) is 21.4. The molecule has 4 rings (SSSR count). The van der Waals surface area contributed by atoms with Gasteiger partial charge in [-0.3, -0.25) is 4.79 Å². The van der Waals surface area contributed by atoms with Gasteiger partial charge in [0, 0.05) is 12.1 Å². The maximum atomic E-state index is 14.4. The minimum atomic E-state index is -0.854. The molecule has 3 aliphatic carbocycles. The fraction of sp³-hybridized carbons (Fsp3) is 0.700. The minimum Gasteiger partial charge on any atom is -0.483 e. The SMILES string of the molecule is C/C=C/COc1c(F)cc(OC(=O)C2CCCC3CC(C4CCC(CCC)CC4)CCC32)cc1F. The van der Waals surface area contributed by atoms with Crippen LogP contribution in [0.4, 0.5) is 8.78 Å². The molecule has 3 fully saturated rings. The monoisotopic (exact) mass is 488 g/mol. The molecular weight excluding hydrogens is 446 g/mol. The molecule has 0 amide bonds. The number of hydrogen-bond donors (Lipinski definition) is 0. The van der Waals surface area contributed by atoms with E-state index < -0.39 is 17.4 Å². The Morgan fingerprint density at radius 1 is 0.971 bits per heavy atom. The topological polar surface area (TPSA) is 35.5 Å². The Hall–Kier alpha value is -1.91. The van der Waals surface area contributed by atoms with E-state index in [0.29, 0.717) is 11.8 Å². The van der Waals surface area contributed by atoms with Gasteiger partial charge in [0.05, 0.1) is 5.92 Å². The first-order valence-corrected chi connectivity index (χ1v) is 13.9. The van der Waals surface area contributed by atoms with Crippen LogP contribution in [0.3, 0.4) is 0 Å². The van der Waals surface area contributed by atoms with Gasteiger partial charge >= 0.3 is 5.97 Å². The summed E-state index contributed by atoms with van der Waals surface area (Å²) in [7, 11) is 0. The van der Waals surface area contributed by atoms with Gasteiger partial charge in [0.25, 0.3) is 0 Å². The van der Waals surface area contributed by atoms with Crippen LogP contribution in [0, 0.1) is 47.1 Å². The molecule has 3 aliphatic rings. The molecule has 3 saturated carbocycles. The number of allylic oxidation sites excluding steroid dienone is 1. The summed E-state index contributed by atoms with van der Waals surface area (Å²) in [4.78, 5) is 13.1. The standard InChI is InChI=1S/C30H42F2O3/c1-3-5-16-34-29-27(31)18-24(19-28(29)32)35-30(33)26-9-6-8-23-17-22(14-15-25(23)26)21-12-10-20(7-4-2)11-13-21/h3,5,18-23,25-26H,4,6-17H2,1-2H3/b5-3+. The predicted octanol–water partition coefficient (Wildman–Crippen LogP) is 8.26. The Labute approximate surface area is 209 Å². The van der Waals surface area contributed by atoms with Crippen molar-refractivity contribution in [3.05, 3.63) is 35.9 Å². The first-order valence-electron chi connectivity index (χ1n) is 13.9. The normalized spacial score (nSPS) is 31.2. The van der Waals surface area contributed by atoms with E-state index in [1.54, 1.807) is 19.1 Å². The van der Waals surface area contributed by atoms with Gasteiger partial charge < -0.3 is 9.47 Å². The summed E-state index contributed by atoms with van der Waals surface area (Å²) in [6.45, 7) is 4.18. The third-order valence-electron chi connectivity index (χ3n) is 9.00. The molecule has 3 nitrogen and oxygen atoms in total. The van der Waals surface area contributed by atoms with Gasteiger partial charge in [0.15, 0.2) is 17.4 Å². The number of halogens is 2. The third kappa shape index (κ3) is 6.46. The van der Waals surface area contributed by atoms with Gasteiger partial charge in [-0.1, -0.05) is 57.6 Å². The van der Waals surface area contributed by atoms with Gasteiger partial charge in [-0.25, -0.2) is 8.78 Å². The van der Waals surface area contributed by atoms with Crippen LogP contribution in [0.15, 0.2) is 24.3 Å². The van der Waals surface area contributed by atoms with Crippen molar-refractivity contribution in [2.75, 3.05) is 6.61 Å². The number of benzene rings is 1. The molecule has 0 aromatic heterocycles. The Balaban J connectivity index is 1.34. The average molecular weight is 489 g/mol. The van der Waals surface area contributed by atoms with Crippen molar-refractivity contribution in [2.24, 2.45) is 35.5 Å². The highest BCUT2D eigenvalue weighted by Gasteiger charge is 2.43. The fourth-order valence-corrected chi connectivity index (χ4v) is 7.23. The Morgan fingerprint density at radius 3 is 2.37 bits per heavy atom. The van der Waals surface area contributed by atoms with E-state index in [-0.39, 0.29) is 24.2 Å². The lowest BCUT2D eigenvalue weighted by atomic mass is 9.59. The largest absolute Gasteiger partial charge is 0.483 e. The number of esters is 1. The van der Waals surface area contributed by atoms with Crippen molar-refractivity contribution in [2.45, 2.75) is 90.9 Å². The van der Waals surface area contributed by atoms with Crippen molar-refractivity contribution in [1.29, 1.82) is 0 Å². The molecule has 0 radical (unpaired) electrons. The first-order chi connectivity index (χ1) is 17.0. The molecule has 0 bridgehead atoms. The van der Waals surface area contributed by atoms with Gasteiger partial charge in [-0.05, 0) is 75.0 Å². The number of hydrogen-bond acceptors (Lipinski definition) is 3. The summed E-state index contributed by atoms with van der Waals surface area (Å²) in [5.41, 5.74) is 0. The second kappa shape index (κ2) is 12.4. The lowest BCUT2D eigenvalue weighted by Crippen LogP contribution is -2.40. The van der Waals surface area contributed by atoms with E-state index >= 15 is 0 Å². The van der Waals surface area contributed by atoms with Gasteiger partial charge in [0.2, 0.25) is 0 Å². The number of ether oxygens (including phenoxy) is 2. The molecule has 1 aromatic rings. The highest BCUT2D eigenvalue weighted by atomic mass is 19.1. The zero-order chi connectivity index (χ0) is 24.8. The Bertz CT molecular complexity index is 851. The highest BCUT2D eigenvalue weighted by molar-refractivity contribution is 5.75. The number of carbonyl (C=O) groups excluding carboxylic acids is 1. The van der Waals surface area contributed by atoms with Crippen LogP contribution in [-0.2, 0) is 4.79 Å². The molecule has 0 aliphatic heterocycles. The Kier molecular flexibility index (Phi) is 9.24. The van der Waals surface area contributed by atoms with Crippen molar-refractivity contribution in [3.63, 3.8) is 0 Å². The summed E-state index contributed by atoms with van der Waals surface area (Å²) in [6.07, 6.45) is 18.2. The molecule has 4 atom stereocenters. The third-order valence-corrected chi connectivity index (χ3v) is 9.00. The van der Waals surface area contributed by atoms with E-state index in [0.717, 1.165) is 49.1 Å². The molecule has 0 saturated heterocycles. The van der Waals surface area contributed by atoms with E-state index in [2.05, 4.69) is 6.92 Å². The smallest absolute Gasteiger partial charge is 0.314 e. The summed E-state index contributed by atoms with van der Waals surface area (Å²) in [5, 5.41) is 0. The van der Waals surface area contributed by atoms with Crippen molar-refractivity contribution in [3.8, 4) is 11.5 Å². The van der Waals surface area contributed by atoms with Crippen LogP contribution in [0.2, 0.25) is 0 Å². The molecule has 5 heteroatoms. The van der Waals surface area contributed by atoms with E-state index in [1.807, 2.05) is 0 Å². The van der Waals surface area contributed by atoms with Crippen molar-refractivity contribution >= 4 is 5.97 Å². The molecule has 0 heterocycles. The molecule has 0 spiro atoms. The lowest BCUT2D eigenvalue weighted by Gasteiger charge is -2.46. The molecule has 1 aromatic carbocycles. The van der Waals surface area contributed by atoms with Gasteiger partial charge in [-0.2, -0.15) is 0 Å².